The van der Waals surface area contributed by atoms with Crippen LogP contribution in [-0.2, 0) is 20.7 Å². The van der Waals surface area contributed by atoms with Gasteiger partial charge in [-0.3, -0.25) is 9.59 Å². The minimum Gasteiger partial charge on any atom is -0.466 e. The predicted octanol–water partition coefficient (Wildman–Crippen LogP) is 3.74. The molecule has 4 nitrogen and oxygen atoms in total. The Bertz CT molecular complexity index is 680. The van der Waals surface area contributed by atoms with E-state index in [1.165, 1.54) is 0 Å². The summed E-state index contributed by atoms with van der Waals surface area (Å²) in [5, 5.41) is 2.97. The van der Waals surface area contributed by atoms with Crippen LogP contribution in [0.4, 0.5) is 0 Å². The third kappa shape index (κ3) is 6.42. The first-order valence-electron chi connectivity index (χ1n) is 8.64. The fourth-order valence-electron chi connectivity index (χ4n) is 2.61. The molecule has 0 saturated carbocycles. The highest BCUT2D eigenvalue weighted by molar-refractivity contribution is 5.78. The van der Waals surface area contributed by atoms with Crippen molar-refractivity contribution in [2.45, 2.75) is 39.2 Å². The normalized spacial score (nSPS) is 11.6. The van der Waals surface area contributed by atoms with Crippen LogP contribution in [0.3, 0.4) is 0 Å². The van der Waals surface area contributed by atoms with Gasteiger partial charge in [-0.05, 0) is 31.4 Å². The second-order valence-corrected chi connectivity index (χ2v) is 6.03. The van der Waals surface area contributed by atoms with Gasteiger partial charge in [-0.1, -0.05) is 60.2 Å². The predicted molar refractivity (Wildman–Crippen MR) is 98.1 cm³/mol. The van der Waals surface area contributed by atoms with Crippen molar-refractivity contribution in [3.05, 3.63) is 71.3 Å². The van der Waals surface area contributed by atoms with Crippen molar-refractivity contribution in [2.24, 2.45) is 0 Å². The number of ether oxygens (including phenoxy) is 1. The molecule has 0 aliphatic heterocycles. The molecule has 2 aromatic rings. The van der Waals surface area contributed by atoms with Gasteiger partial charge >= 0.3 is 5.97 Å². The zero-order chi connectivity index (χ0) is 18.1. The summed E-state index contributed by atoms with van der Waals surface area (Å²) in [7, 11) is 0. The molecule has 4 heteroatoms. The zero-order valence-corrected chi connectivity index (χ0v) is 14.8. The molecule has 1 atom stereocenters. The Kier molecular flexibility index (Phi) is 7.20. The summed E-state index contributed by atoms with van der Waals surface area (Å²) in [4.78, 5) is 24.2. The lowest BCUT2D eigenvalue weighted by Crippen LogP contribution is -2.30. The molecule has 0 heterocycles. The molecule has 0 saturated heterocycles. The fourth-order valence-corrected chi connectivity index (χ4v) is 2.61. The molecule has 1 N–H and O–H groups in total. The van der Waals surface area contributed by atoms with E-state index in [9.17, 15) is 9.59 Å². The number of carbonyl (C=O) groups is 2. The number of hydrogen-bond acceptors (Lipinski definition) is 3. The first kappa shape index (κ1) is 18.7. The van der Waals surface area contributed by atoms with Crippen LogP contribution in [-0.4, -0.2) is 18.5 Å². The van der Waals surface area contributed by atoms with Crippen molar-refractivity contribution in [1.82, 2.24) is 5.32 Å². The van der Waals surface area contributed by atoms with Crippen LogP contribution < -0.4 is 5.32 Å². The van der Waals surface area contributed by atoms with Gasteiger partial charge in [0.2, 0.25) is 5.91 Å². The van der Waals surface area contributed by atoms with Crippen molar-refractivity contribution in [2.75, 3.05) is 6.61 Å². The van der Waals surface area contributed by atoms with E-state index in [1.807, 2.05) is 61.5 Å². The number of hydrogen-bond donors (Lipinski definition) is 1. The number of aryl methyl sites for hydroxylation is 2. The average molecular weight is 339 g/mol. The number of amides is 1. The van der Waals surface area contributed by atoms with E-state index in [1.54, 1.807) is 6.92 Å². The van der Waals surface area contributed by atoms with Crippen molar-refractivity contribution in [3.63, 3.8) is 0 Å². The summed E-state index contributed by atoms with van der Waals surface area (Å²) >= 11 is 0. The Balaban J connectivity index is 2.00. The van der Waals surface area contributed by atoms with E-state index in [2.05, 4.69) is 5.32 Å². The van der Waals surface area contributed by atoms with Gasteiger partial charge < -0.3 is 10.1 Å². The standard InChI is InChI=1S/C21H25NO3/c1-3-25-21(24)15-19(18-12-9-16(2)10-13-18)22-20(23)14-11-17-7-5-4-6-8-17/h4-10,12-13,19H,3,11,14-15H2,1-2H3,(H,22,23). The fraction of sp³-hybridized carbons (Fsp3) is 0.333. The van der Waals surface area contributed by atoms with E-state index < -0.39 is 0 Å². The third-order valence-corrected chi connectivity index (χ3v) is 3.97. The molecule has 0 aliphatic carbocycles. The summed E-state index contributed by atoms with van der Waals surface area (Å²) in [6, 6.07) is 17.3. The van der Waals surface area contributed by atoms with Gasteiger partial charge in [0.15, 0.2) is 0 Å². The molecule has 0 aliphatic rings. The van der Waals surface area contributed by atoms with Gasteiger partial charge in [-0.2, -0.15) is 0 Å². The average Bonchev–Trinajstić information content (AvgIpc) is 2.61. The second kappa shape index (κ2) is 9.62. The number of benzene rings is 2. The number of nitrogens with one attached hydrogen (secondary N) is 1. The van der Waals surface area contributed by atoms with Gasteiger partial charge in [-0.15, -0.1) is 0 Å². The van der Waals surface area contributed by atoms with Crippen LogP contribution in [0.1, 0.15) is 42.5 Å². The van der Waals surface area contributed by atoms with E-state index in [4.69, 9.17) is 4.74 Å². The van der Waals surface area contributed by atoms with Gasteiger partial charge in [-0.25, -0.2) is 0 Å². The minimum atomic E-state index is -0.372. The molecule has 25 heavy (non-hydrogen) atoms. The van der Waals surface area contributed by atoms with Crippen LogP contribution in [0.5, 0.6) is 0 Å². The summed E-state index contributed by atoms with van der Waals surface area (Å²) < 4.78 is 5.04. The van der Waals surface area contributed by atoms with Gasteiger partial charge in [0.25, 0.3) is 0 Å². The van der Waals surface area contributed by atoms with Gasteiger partial charge in [0.1, 0.15) is 0 Å². The van der Waals surface area contributed by atoms with E-state index in [0.717, 1.165) is 16.7 Å². The highest BCUT2D eigenvalue weighted by atomic mass is 16.5. The summed E-state index contributed by atoms with van der Waals surface area (Å²) in [5.74, 6) is -0.379. The Labute approximate surface area is 149 Å². The second-order valence-electron chi connectivity index (χ2n) is 6.03. The number of rotatable bonds is 8. The summed E-state index contributed by atoms with van der Waals surface area (Å²) in [6.07, 6.45) is 1.19. The first-order valence-corrected chi connectivity index (χ1v) is 8.64. The third-order valence-electron chi connectivity index (χ3n) is 3.97. The lowest BCUT2D eigenvalue weighted by molar-refractivity contribution is -0.143. The molecule has 2 rings (SSSR count). The van der Waals surface area contributed by atoms with E-state index >= 15 is 0 Å². The van der Waals surface area contributed by atoms with Crippen molar-refractivity contribution >= 4 is 11.9 Å². The SMILES string of the molecule is CCOC(=O)CC(NC(=O)CCc1ccccc1)c1ccc(C)cc1. The monoisotopic (exact) mass is 339 g/mol. The lowest BCUT2D eigenvalue weighted by Gasteiger charge is -2.19. The molecule has 0 spiro atoms. The van der Waals surface area contributed by atoms with Crippen LogP contribution in [0.25, 0.3) is 0 Å². The highest BCUT2D eigenvalue weighted by Crippen LogP contribution is 2.19. The maximum absolute atomic E-state index is 12.3. The van der Waals surface area contributed by atoms with Crippen LogP contribution in [0.15, 0.2) is 54.6 Å². The Morgan fingerprint density at radius 3 is 2.36 bits per heavy atom. The van der Waals surface area contributed by atoms with Crippen LogP contribution >= 0.6 is 0 Å². The number of esters is 1. The molecular formula is C21H25NO3. The molecule has 0 fully saturated rings. The molecule has 0 radical (unpaired) electrons. The Hall–Kier alpha value is -2.62. The molecule has 132 valence electrons. The van der Waals surface area contributed by atoms with Crippen molar-refractivity contribution in [3.8, 4) is 0 Å². The van der Waals surface area contributed by atoms with Crippen molar-refractivity contribution in [1.29, 1.82) is 0 Å². The lowest BCUT2D eigenvalue weighted by atomic mass is 10.0. The quantitative estimate of drug-likeness (QED) is 0.746. The molecule has 1 unspecified atom stereocenters. The molecule has 0 aromatic heterocycles. The maximum Gasteiger partial charge on any atom is 0.308 e. The van der Waals surface area contributed by atoms with Crippen molar-refractivity contribution < 1.29 is 14.3 Å². The Morgan fingerprint density at radius 2 is 1.72 bits per heavy atom. The van der Waals surface area contributed by atoms with Gasteiger partial charge in [0.05, 0.1) is 19.1 Å². The summed E-state index contributed by atoms with van der Waals surface area (Å²) in [5.41, 5.74) is 3.16. The maximum atomic E-state index is 12.3. The molecule has 2 aromatic carbocycles. The van der Waals surface area contributed by atoms with E-state index in [0.29, 0.717) is 19.4 Å². The smallest absolute Gasteiger partial charge is 0.308 e. The highest BCUT2D eigenvalue weighted by Gasteiger charge is 2.19. The van der Waals surface area contributed by atoms with E-state index in [-0.39, 0.29) is 24.3 Å². The summed E-state index contributed by atoms with van der Waals surface area (Å²) in [6.45, 7) is 4.11. The molecule has 0 bridgehead atoms. The Morgan fingerprint density at radius 1 is 1.04 bits per heavy atom. The van der Waals surface area contributed by atoms with Crippen LogP contribution in [0.2, 0.25) is 0 Å². The molecular weight excluding hydrogens is 314 g/mol. The molecule has 1 amide bonds. The topological polar surface area (TPSA) is 55.4 Å². The van der Waals surface area contributed by atoms with Crippen LogP contribution in [0, 0.1) is 6.92 Å². The largest absolute Gasteiger partial charge is 0.466 e. The van der Waals surface area contributed by atoms with Gasteiger partial charge in [0, 0.05) is 6.42 Å². The minimum absolute atomic E-state index is 0.0706. The number of carbonyl (C=O) groups excluding carboxylic acids is 2. The first-order chi connectivity index (χ1) is 12.1. The zero-order valence-electron chi connectivity index (χ0n) is 14.8.